The predicted octanol–water partition coefficient (Wildman–Crippen LogP) is 5.31. The monoisotopic (exact) mass is 515 g/mol. The Morgan fingerprint density at radius 3 is 2.24 bits per heavy atom. The molecule has 0 radical (unpaired) electrons. The molecule has 202 valence electrons. The lowest BCUT2D eigenvalue weighted by atomic mass is 9.94. The fraction of sp³-hybridized carbons (Fsp3) is 0.438. The van der Waals surface area contributed by atoms with Gasteiger partial charge in [0.1, 0.15) is 0 Å². The molecule has 1 fully saturated rings. The van der Waals surface area contributed by atoms with Gasteiger partial charge in [-0.2, -0.15) is 0 Å². The number of amides is 2. The molecular weight excluding hydrogens is 474 g/mol. The highest BCUT2D eigenvalue weighted by Gasteiger charge is 2.28. The van der Waals surface area contributed by atoms with E-state index in [2.05, 4.69) is 47.2 Å². The number of aromatic nitrogens is 1. The van der Waals surface area contributed by atoms with E-state index < -0.39 is 0 Å². The first-order valence-corrected chi connectivity index (χ1v) is 13.9. The minimum absolute atomic E-state index is 0.00435. The maximum Gasteiger partial charge on any atom is 0.242 e. The summed E-state index contributed by atoms with van der Waals surface area (Å²) in [7, 11) is 1.63. The summed E-state index contributed by atoms with van der Waals surface area (Å²) in [6.45, 7) is 2.24. The molecule has 1 aromatic heterocycles. The van der Waals surface area contributed by atoms with Gasteiger partial charge < -0.3 is 19.1 Å². The van der Waals surface area contributed by atoms with E-state index in [1.807, 2.05) is 41.3 Å². The minimum Gasteiger partial charge on any atom is -0.383 e. The Balaban J connectivity index is 1.47. The quantitative estimate of drug-likeness (QED) is 0.310. The highest BCUT2D eigenvalue weighted by atomic mass is 16.5. The standard InChI is InChI=1S/C32H41N3O3/c1-38-23-22-34(31(36)20-19-27-12-5-2-6-13-27)26-32(37)35(29-16-9-4-10-17-29)25-30-18-11-21-33(30)24-28-14-7-3-8-15-28/h2-3,5-8,11-15,18,21,29H,4,9-10,16-17,19-20,22-26H2,1H3. The zero-order chi connectivity index (χ0) is 26.6. The highest BCUT2D eigenvalue weighted by Crippen LogP contribution is 2.25. The lowest BCUT2D eigenvalue weighted by Crippen LogP contribution is -2.48. The van der Waals surface area contributed by atoms with E-state index in [-0.39, 0.29) is 24.4 Å². The van der Waals surface area contributed by atoms with Crippen LogP contribution in [0.2, 0.25) is 0 Å². The van der Waals surface area contributed by atoms with Crippen molar-refractivity contribution in [3.05, 3.63) is 95.8 Å². The van der Waals surface area contributed by atoms with E-state index in [9.17, 15) is 9.59 Å². The number of methoxy groups -OCH3 is 1. The maximum absolute atomic E-state index is 13.9. The molecule has 0 saturated heterocycles. The van der Waals surface area contributed by atoms with Crippen LogP contribution in [0.3, 0.4) is 0 Å². The summed E-state index contributed by atoms with van der Waals surface area (Å²) in [5.74, 6) is 0.0174. The van der Waals surface area contributed by atoms with Gasteiger partial charge in [-0.05, 0) is 42.5 Å². The summed E-state index contributed by atoms with van der Waals surface area (Å²) in [4.78, 5) is 30.8. The number of hydrogen-bond acceptors (Lipinski definition) is 3. The van der Waals surface area contributed by atoms with Crippen molar-refractivity contribution in [2.24, 2.45) is 0 Å². The fourth-order valence-corrected chi connectivity index (χ4v) is 5.32. The summed E-state index contributed by atoms with van der Waals surface area (Å²) >= 11 is 0. The van der Waals surface area contributed by atoms with Gasteiger partial charge in [-0.1, -0.05) is 79.9 Å². The number of benzene rings is 2. The number of nitrogens with zero attached hydrogens (tertiary/aromatic N) is 3. The number of hydrogen-bond donors (Lipinski definition) is 0. The van der Waals surface area contributed by atoms with E-state index in [1.54, 1.807) is 12.0 Å². The molecule has 0 N–H and O–H groups in total. The second-order valence-electron chi connectivity index (χ2n) is 10.2. The van der Waals surface area contributed by atoms with Gasteiger partial charge in [-0.25, -0.2) is 0 Å². The summed E-state index contributed by atoms with van der Waals surface area (Å²) < 4.78 is 7.51. The van der Waals surface area contributed by atoms with Crippen molar-refractivity contribution in [1.29, 1.82) is 0 Å². The molecule has 38 heavy (non-hydrogen) atoms. The van der Waals surface area contributed by atoms with Gasteiger partial charge in [0.15, 0.2) is 0 Å². The van der Waals surface area contributed by atoms with Crippen molar-refractivity contribution < 1.29 is 14.3 Å². The van der Waals surface area contributed by atoms with Gasteiger partial charge in [0.2, 0.25) is 11.8 Å². The van der Waals surface area contributed by atoms with Gasteiger partial charge in [-0.3, -0.25) is 9.59 Å². The summed E-state index contributed by atoms with van der Waals surface area (Å²) in [6, 6.07) is 24.8. The minimum atomic E-state index is -0.00435. The molecule has 3 aromatic rings. The van der Waals surface area contributed by atoms with Crippen LogP contribution >= 0.6 is 0 Å². The normalized spacial score (nSPS) is 13.8. The van der Waals surface area contributed by atoms with Crippen LogP contribution < -0.4 is 0 Å². The molecule has 0 unspecified atom stereocenters. The number of aryl methyl sites for hydroxylation is 1. The molecule has 0 spiro atoms. The molecule has 1 heterocycles. The SMILES string of the molecule is COCCN(CC(=O)N(Cc1cccn1Cc1ccccc1)C1CCCCC1)C(=O)CCc1ccccc1. The van der Waals surface area contributed by atoms with E-state index in [0.29, 0.717) is 32.5 Å². The molecule has 6 nitrogen and oxygen atoms in total. The van der Waals surface area contributed by atoms with Crippen LogP contribution in [0.15, 0.2) is 79.0 Å². The number of rotatable bonds is 13. The molecule has 0 aliphatic heterocycles. The van der Waals surface area contributed by atoms with E-state index in [0.717, 1.165) is 43.5 Å². The average molecular weight is 516 g/mol. The zero-order valence-corrected chi connectivity index (χ0v) is 22.6. The third kappa shape index (κ3) is 8.06. The second kappa shape index (κ2) is 14.5. The third-order valence-electron chi connectivity index (χ3n) is 7.50. The van der Waals surface area contributed by atoms with Crippen LogP contribution in [0.25, 0.3) is 0 Å². The summed E-state index contributed by atoms with van der Waals surface area (Å²) in [5.41, 5.74) is 3.48. The Morgan fingerprint density at radius 1 is 0.868 bits per heavy atom. The number of ether oxygens (including phenoxy) is 1. The summed E-state index contributed by atoms with van der Waals surface area (Å²) in [5, 5.41) is 0. The van der Waals surface area contributed by atoms with Gasteiger partial charge in [0, 0.05) is 44.6 Å². The van der Waals surface area contributed by atoms with E-state index in [1.165, 1.54) is 12.0 Å². The first-order valence-electron chi connectivity index (χ1n) is 13.9. The molecule has 0 bridgehead atoms. The van der Waals surface area contributed by atoms with Crippen molar-refractivity contribution in [1.82, 2.24) is 14.4 Å². The molecule has 2 aromatic carbocycles. The molecule has 4 rings (SSSR count). The van der Waals surface area contributed by atoms with Crippen molar-refractivity contribution in [3.8, 4) is 0 Å². The maximum atomic E-state index is 13.9. The van der Waals surface area contributed by atoms with Gasteiger partial charge in [-0.15, -0.1) is 0 Å². The smallest absolute Gasteiger partial charge is 0.242 e. The number of carbonyl (C=O) groups excluding carboxylic acids is 2. The zero-order valence-electron chi connectivity index (χ0n) is 22.6. The lowest BCUT2D eigenvalue weighted by molar-refractivity contribution is -0.143. The van der Waals surface area contributed by atoms with Crippen molar-refractivity contribution in [2.75, 3.05) is 26.8 Å². The summed E-state index contributed by atoms with van der Waals surface area (Å²) in [6.07, 6.45) is 8.67. The van der Waals surface area contributed by atoms with Gasteiger partial charge in [0.05, 0.1) is 19.7 Å². The van der Waals surface area contributed by atoms with Crippen LogP contribution in [-0.4, -0.2) is 59.0 Å². The molecular formula is C32H41N3O3. The molecule has 1 aliphatic rings. The Labute approximate surface area is 227 Å². The number of carbonyl (C=O) groups is 2. The largest absolute Gasteiger partial charge is 0.383 e. The molecule has 1 aliphatic carbocycles. The van der Waals surface area contributed by atoms with Crippen LogP contribution in [0.4, 0.5) is 0 Å². The third-order valence-corrected chi connectivity index (χ3v) is 7.50. The Kier molecular flexibility index (Phi) is 10.6. The van der Waals surface area contributed by atoms with Crippen LogP contribution in [0, 0.1) is 0 Å². The first kappa shape index (κ1) is 27.6. The van der Waals surface area contributed by atoms with Crippen molar-refractivity contribution in [3.63, 3.8) is 0 Å². The van der Waals surface area contributed by atoms with Gasteiger partial charge >= 0.3 is 0 Å². The lowest BCUT2D eigenvalue weighted by Gasteiger charge is -2.36. The van der Waals surface area contributed by atoms with E-state index >= 15 is 0 Å². The average Bonchev–Trinajstić information content (AvgIpc) is 3.40. The molecule has 0 atom stereocenters. The Morgan fingerprint density at radius 2 is 1.55 bits per heavy atom. The first-order chi connectivity index (χ1) is 18.6. The molecule has 6 heteroatoms. The molecule has 2 amide bonds. The highest BCUT2D eigenvalue weighted by molar-refractivity contribution is 5.85. The van der Waals surface area contributed by atoms with Crippen LogP contribution in [0.1, 0.15) is 55.3 Å². The van der Waals surface area contributed by atoms with Crippen LogP contribution in [0.5, 0.6) is 0 Å². The Bertz CT molecular complexity index is 1120. The van der Waals surface area contributed by atoms with E-state index in [4.69, 9.17) is 4.74 Å². The van der Waals surface area contributed by atoms with Crippen molar-refractivity contribution >= 4 is 11.8 Å². The van der Waals surface area contributed by atoms with Gasteiger partial charge in [0.25, 0.3) is 0 Å². The molecule has 1 saturated carbocycles. The second-order valence-corrected chi connectivity index (χ2v) is 10.2. The topological polar surface area (TPSA) is 54.8 Å². The predicted molar refractivity (Wildman–Crippen MR) is 151 cm³/mol. The van der Waals surface area contributed by atoms with Crippen molar-refractivity contribution in [2.45, 2.75) is 64.1 Å². The fourth-order valence-electron chi connectivity index (χ4n) is 5.32. The Hall–Kier alpha value is -3.38. The van der Waals surface area contributed by atoms with Crippen LogP contribution in [-0.2, 0) is 33.8 Å².